The summed E-state index contributed by atoms with van der Waals surface area (Å²) in [6.07, 6.45) is 0.458. The molecule has 0 radical (unpaired) electrons. The van der Waals surface area contributed by atoms with E-state index in [-0.39, 0.29) is 11.9 Å². The third-order valence-corrected chi connectivity index (χ3v) is 4.50. The Balaban J connectivity index is 2.23. The van der Waals surface area contributed by atoms with Gasteiger partial charge in [-0.1, -0.05) is 11.3 Å². The molecule has 19 heavy (non-hydrogen) atoms. The molecule has 2 aromatic rings. The van der Waals surface area contributed by atoms with Crippen LogP contribution < -0.4 is 10.2 Å². The van der Waals surface area contributed by atoms with E-state index in [0.29, 0.717) is 6.42 Å². The Bertz CT molecular complexity index is 568. The maximum atomic E-state index is 11.4. The number of aryl methyl sites for hydroxylation is 2. The van der Waals surface area contributed by atoms with Crippen molar-refractivity contribution in [2.75, 3.05) is 19.0 Å². The van der Waals surface area contributed by atoms with E-state index in [1.165, 1.54) is 0 Å². The molecule has 0 spiro atoms. The highest BCUT2D eigenvalue weighted by atomic mass is 32.1. The van der Waals surface area contributed by atoms with Crippen LogP contribution in [0.1, 0.15) is 19.0 Å². The molecule has 1 amide bonds. The van der Waals surface area contributed by atoms with Crippen LogP contribution in [0.5, 0.6) is 0 Å². The number of nitrogens with zero attached hydrogens (tertiary/aromatic N) is 4. The third kappa shape index (κ3) is 2.56. The summed E-state index contributed by atoms with van der Waals surface area (Å²) in [6.45, 7) is 4.00. The van der Waals surface area contributed by atoms with Gasteiger partial charge in [0.05, 0.1) is 10.4 Å². The molecular weight excluding hydrogens is 262 g/mol. The molecule has 6 nitrogen and oxygen atoms in total. The van der Waals surface area contributed by atoms with Crippen molar-refractivity contribution in [2.45, 2.75) is 26.3 Å². The Hall–Kier alpha value is -1.63. The fourth-order valence-electron chi connectivity index (χ4n) is 1.92. The molecular formula is C12H19N5OS. The van der Waals surface area contributed by atoms with Crippen LogP contribution in [0.4, 0.5) is 5.13 Å². The molecule has 104 valence electrons. The molecule has 0 aromatic carbocycles. The van der Waals surface area contributed by atoms with Crippen LogP contribution in [-0.2, 0) is 11.8 Å². The lowest BCUT2D eigenvalue weighted by molar-refractivity contribution is -0.120. The number of amides is 1. The second kappa shape index (κ2) is 5.16. The second-order valence-electron chi connectivity index (χ2n) is 4.70. The maximum absolute atomic E-state index is 11.4. The lowest BCUT2D eigenvalue weighted by Crippen LogP contribution is -2.34. The van der Waals surface area contributed by atoms with Crippen molar-refractivity contribution in [1.29, 1.82) is 0 Å². The summed E-state index contributed by atoms with van der Waals surface area (Å²) < 4.78 is 2.90. The van der Waals surface area contributed by atoms with Crippen LogP contribution in [0, 0.1) is 6.92 Å². The molecule has 2 aromatic heterocycles. The molecule has 7 heteroatoms. The summed E-state index contributed by atoms with van der Waals surface area (Å²) in [7, 11) is 5.52. The van der Waals surface area contributed by atoms with Gasteiger partial charge < -0.3 is 10.2 Å². The van der Waals surface area contributed by atoms with Crippen molar-refractivity contribution in [1.82, 2.24) is 20.1 Å². The van der Waals surface area contributed by atoms with E-state index in [4.69, 9.17) is 0 Å². The molecule has 0 bridgehead atoms. The van der Waals surface area contributed by atoms with Crippen LogP contribution >= 0.6 is 11.3 Å². The van der Waals surface area contributed by atoms with Crippen LogP contribution in [0.15, 0.2) is 0 Å². The number of anilines is 1. The quantitative estimate of drug-likeness (QED) is 0.917. The number of fused-ring (bicyclic) bond motifs is 1. The first-order chi connectivity index (χ1) is 8.93. The number of rotatable bonds is 4. The largest absolute Gasteiger partial charge is 0.359 e. The number of nitrogens with one attached hydrogen (secondary N) is 1. The molecule has 1 atom stereocenters. The Morgan fingerprint density at radius 1 is 1.58 bits per heavy atom. The molecule has 0 fully saturated rings. The predicted molar refractivity (Wildman–Crippen MR) is 77.7 cm³/mol. The smallest absolute Gasteiger partial charge is 0.221 e. The summed E-state index contributed by atoms with van der Waals surface area (Å²) in [5.74, 6) is 0.0401. The van der Waals surface area contributed by atoms with E-state index in [0.717, 1.165) is 21.2 Å². The van der Waals surface area contributed by atoms with Gasteiger partial charge in [-0.25, -0.2) is 9.67 Å². The number of carbonyl (C=O) groups is 1. The summed E-state index contributed by atoms with van der Waals surface area (Å²) in [5, 5.41) is 7.90. The Morgan fingerprint density at radius 2 is 2.26 bits per heavy atom. The normalized spacial score (nSPS) is 12.7. The van der Waals surface area contributed by atoms with E-state index in [2.05, 4.69) is 15.4 Å². The first-order valence-electron chi connectivity index (χ1n) is 6.17. The molecule has 2 rings (SSSR count). The van der Waals surface area contributed by atoms with Gasteiger partial charge in [0, 0.05) is 33.6 Å². The van der Waals surface area contributed by atoms with Crippen LogP contribution in [0.25, 0.3) is 10.3 Å². The summed E-state index contributed by atoms with van der Waals surface area (Å²) in [4.78, 5) is 18.1. The monoisotopic (exact) mass is 281 g/mol. The highest BCUT2D eigenvalue weighted by molar-refractivity contribution is 7.22. The van der Waals surface area contributed by atoms with E-state index >= 15 is 0 Å². The first-order valence-corrected chi connectivity index (χ1v) is 6.99. The van der Waals surface area contributed by atoms with Crippen molar-refractivity contribution in [2.24, 2.45) is 7.05 Å². The maximum Gasteiger partial charge on any atom is 0.221 e. The van der Waals surface area contributed by atoms with Crippen molar-refractivity contribution in [3.8, 4) is 0 Å². The van der Waals surface area contributed by atoms with Crippen LogP contribution in [0.3, 0.4) is 0 Å². The second-order valence-corrected chi connectivity index (χ2v) is 5.67. The Labute approximate surface area is 116 Å². The van der Waals surface area contributed by atoms with E-state index in [1.54, 1.807) is 23.1 Å². The molecule has 0 saturated heterocycles. The minimum atomic E-state index is 0.0401. The molecule has 0 aliphatic rings. The van der Waals surface area contributed by atoms with E-state index < -0.39 is 0 Å². The third-order valence-electron chi connectivity index (χ3n) is 3.26. The molecule has 0 saturated carbocycles. The van der Waals surface area contributed by atoms with Crippen LogP contribution in [-0.4, -0.2) is 40.8 Å². The van der Waals surface area contributed by atoms with Crippen molar-refractivity contribution < 1.29 is 4.79 Å². The Morgan fingerprint density at radius 3 is 2.84 bits per heavy atom. The standard InChI is InChI=1S/C12H19N5OS/c1-7(6-9(18)13-3)16(4)12-14-11-10(19-12)8(2)15-17(11)5/h7H,6H2,1-5H3,(H,13,18)/t7-/m1/s1. The zero-order chi connectivity index (χ0) is 14.2. The average molecular weight is 281 g/mol. The van der Waals surface area contributed by atoms with Crippen molar-refractivity contribution >= 4 is 32.7 Å². The Kier molecular flexibility index (Phi) is 3.75. The van der Waals surface area contributed by atoms with Gasteiger partial charge in [0.15, 0.2) is 10.8 Å². The zero-order valence-electron chi connectivity index (χ0n) is 11.9. The van der Waals surface area contributed by atoms with Gasteiger partial charge in [-0.05, 0) is 13.8 Å². The molecule has 0 aliphatic heterocycles. The van der Waals surface area contributed by atoms with Crippen molar-refractivity contribution in [3.63, 3.8) is 0 Å². The number of carbonyl (C=O) groups excluding carboxylic acids is 1. The van der Waals surface area contributed by atoms with Gasteiger partial charge in [-0.2, -0.15) is 5.10 Å². The minimum Gasteiger partial charge on any atom is -0.359 e. The average Bonchev–Trinajstić information content (AvgIpc) is 2.91. The van der Waals surface area contributed by atoms with Crippen LogP contribution in [0.2, 0.25) is 0 Å². The molecule has 0 aliphatic carbocycles. The topological polar surface area (TPSA) is 63.1 Å². The lowest BCUT2D eigenvalue weighted by atomic mass is 10.2. The first kappa shape index (κ1) is 13.8. The number of hydrogen-bond donors (Lipinski definition) is 1. The highest BCUT2D eigenvalue weighted by Gasteiger charge is 2.19. The van der Waals surface area contributed by atoms with E-state index in [9.17, 15) is 4.79 Å². The summed E-state index contributed by atoms with van der Waals surface area (Å²) in [5.41, 5.74) is 1.89. The van der Waals surface area contributed by atoms with Gasteiger partial charge in [0.25, 0.3) is 0 Å². The molecule has 1 N–H and O–H groups in total. The van der Waals surface area contributed by atoms with Gasteiger partial charge in [-0.3, -0.25) is 4.79 Å². The summed E-state index contributed by atoms with van der Waals surface area (Å²) >= 11 is 1.62. The number of aromatic nitrogens is 3. The van der Waals surface area contributed by atoms with Gasteiger partial charge in [0.1, 0.15) is 0 Å². The highest BCUT2D eigenvalue weighted by Crippen LogP contribution is 2.31. The van der Waals surface area contributed by atoms with Gasteiger partial charge in [-0.15, -0.1) is 0 Å². The minimum absolute atomic E-state index is 0.0401. The lowest BCUT2D eigenvalue weighted by Gasteiger charge is -2.23. The van der Waals surface area contributed by atoms with E-state index in [1.807, 2.05) is 32.8 Å². The summed E-state index contributed by atoms with van der Waals surface area (Å²) in [6, 6.07) is 0.105. The van der Waals surface area contributed by atoms with Gasteiger partial charge >= 0.3 is 0 Å². The zero-order valence-corrected chi connectivity index (χ0v) is 12.7. The molecule has 0 unspecified atom stereocenters. The SMILES string of the molecule is CNC(=O)C[C@@H](C)N(C)c1nc2c(s1)c(C)nn2C. The van der Waals surface area contributed by atoms with Crippen molar-refractivity contribution in [3.05, 3.63) is 5.69 Å². The number of thiazole rings is 1. The fraction of sp³-hybridized carbons (Fsp3) is 0.583. The predicted octanol–water partition coefficient (Wildman–Crippen LogP) is 1.30. The number of hydrogen-bond acceptors (Lipinski definition) is 5. The van der Waals surface area contributed by atoms with Gasteiger partial charge in [0.2, 0.25) is 5.91 Å². The molecule has 2 heterocycles. The fourth-order valence-corrected chi connectivity index (χ4v) is 3.02.